The molecule has 0 aliphatic carbocycles. The number of H-pyrrole nitrogens is 1. The van der Waals surface area contributed by atoms with E-state index in [2.05, 4.69) is 20.6 Å². The summed E-state index contributed by atoms with van der Waals surface area (Å²) in [5, 5.41) is 2.70. The monoisotopic (exact) mass is 468 g/mol. The van der Waals surface area contributed by atoms with Gasteiger partial charge >= 0.3 is 0 Å². The second kappa shape index (κ2) is 9.25. The zero-order chi connectivity index (χ0) is 22.6. The molecule has 0 aliphatic heterocycles. The van der Waals surface area contributed by atoms with E-state index in [-0.39, 0.29) is 27.8 Å². The predicted octanol–water partition coefficient (Wildman–Crippen LogP) is 3.42. The highest BCUT2D eigenvalue weighted by atomic mass is 32.2. The predicted molar refractivity (Wildman–Crippen MR) is 124 cm³/mol. The zero-order valence-corrected chi connectivity index (χ0v) is 18.4. The number of hydrazine groups is 1. The summed E-state index contributed by atoms with van der Waals surface area (Å²) >= 11 is 1.07. The van der Waals surface area contributed by atoms with Crippen molar-refractivity contribution in [2.45, 2.75) is 17.1 Å². The van der Waals surface area contributed by atoms with E-state index in [1.165, 1.54) is 18.2 Å². The minimum absolute atomic E-state index is 0.0876. The highest BCUT2D eigenvalue weighted by Crippen LogP contribution is 2.23. The molecule has 2 aromatic heterocycles. The van der Waals surface area contributed by atoms with Crippen molar-refractivity contribution in [2.24, 2.45) is 0 Å². The van der Waals surface area contributed by atoms with E-state index in [1.807, 2.05) is 30.5 Å². The summed E-state index contributed by atoms with van der Waals surface area (Å²) in [6, 6.07) is 17.1. The van der Waals surface area contributed by atoms with Crippen LogP contribution >= 0.6 is 11.3 Å². The van der Waals surface area contributed by atoms with Gasteiger partial charge in [0.2, 0.25) is 5.91 Å². The SMILES string of the molecule is O=C(CCc1c[nH]c2ccccc12)NNC(=O)c1ccccc1NS(=O)(=O)c1cccs1. The quantitative estimate of drug-likeness (QED) is 0.311. The van der Waals surface area contributed by atoms with Gasteiger partial charge in [0.1, 0.15) is 4.21 Å². The van der Waals surface area contributed by atoms with Crippen molar-refractivity contribution in [3.05, 3.63) is 83.4 Å². The number of para-hydroxylation sites is 2. The Kier molecular flexibility index (Phi) is 6.24. The molecule has 8 nitrogen and oxygen atoms in total. The zero-order valence-electron chi connectivity index (χ0n) is 16.8. The van der Waals surface area contributed by atoms with E-state index in [1.54, 1.807) is 23.6 Å². The van der Waals surface area contributed by atoms with Crippen LogP contribution in [0.2, 0.25) is 0 Å². The van der Waals surface area contributed by atoms with Crippen LogP contribution < -0.4 is 15.6 Å². The fourth-order valence-corrected chi connectivity index (χ4v) is 5.30. The maximum Gasteiger partial charge on any atom is 0.271 e. The van der Waals surface area contributed by atoms with Crippen LogP contribution in [0.3, 0.4) is 0 Å². The average molecular weight is 469 g/mol. The topological polar surface area (TPSA) is 120 Å². The fourth-order valence-electron chi connectivity index (χ4n) is 3.22. The largest absolute Gasteiger partial charge is 0.361 e. The first-order valence-corrected chi connectivity index (χ1v) is 12.1. The standard InChI is InChI=1S/C22H20N4O4S2/c27-20(12-11-15-14-23-18-8-3-1-6-16(15)18)24-25-22(28)17-7-2-4-9-19(17)26-32(29,30)21-10-5-13-31-21/h1-10,13-14,23,26H,11-12H2,(H,24,27)(H,25,28). The van der Waals surface area contributed by atoms with E-state index in [0.717, 1.165) is 27.8 Å². The fraction of sp³-hybridized carbons (Fsp3) is 0.0909. The number of carbonyl (C=O) groups excluding carboxylic acids is 2. The lowest BCUT2D eigenvalue weighted by atomic mass is 10.1. The van der Waals surface area contributed by atoms with Gasteiger partial charge in [-0.2, -0.15) is 0 Å². The van der Waals surface area contributed by atoms with Gasteiger partial charge in [0.05, 0.1) is 11.3 Å². The van der Waals surface area contributed by atoms with Crippen molar-refractivity contribution in [1.82, 2.24) is 15.8 Å². The van der Waals surface area contributed by atoms with Crippen molar-refractivity contribution in [1.29, 1.82) is 0 Å². The van der Waals surface area contributed by atoms with Crippen molar-refractivity contribution in [3.8, 4) is 0 Å². The third kappa shape index (κ3) is 4.82. The second-order valence-corrected chi connectivity index (χ2v) is 9.80. The van der Waals surface area contributed by atoms with Gasteiger partial charge in [-0.05, 0) is 41.6 Å². The molecule has 0 spiro atoms. The van der Waals surface area contributed by atoms with Gasteiger partial charge in [0.15, 0.2) is 0 Å². The number of aryl methyl sites for hydroxylation is 1. The maximum absolute atomic E-state index is 12.6. The first kappa shape index (κ1) is 21.6. The Morgan fingerprint density at radius 3 is 2.53 bits per heavy atom. The van der Waals surface area contributed by atoms with Crippen LogP contribution in [-0.4, -0.2) is 25.2 Å². The molecule has 0 radical (unpaired) electrons. The summed E-state index contributed by atoms with van der Waals surface area (Å²) in [6.07, 6.45) is 2.55. The Morgan fingerprint density at radius 1 is 0.938 bits per heavy atom. The summed E-state index contributed by atoms with van der Waals surface area (Å²) in [5.41, 5.74) is 6.95. The Hall–Kier alpha value is -3.63. The van der Waals surface area contributed by atoms with Gasteiger partial charge < -0.3 is 4.98 Å². The van der Waals surface area contributed by atoms with Crippen LogP contribution in [-0.2, 0) is 21.2 Å². The van der Waals surface area contributed by atoms with Gasteiger partial charge in [0, 0.05) is 23.5 Å². The normalized spacial score (nSPS) is 11.2. The van der Waals surface area contributed by atoms with Crippen molar-refractivity contribution in [3.63, 3.8) is 0 Å². The Labute approximate surface area is 188 Å². The molecule has 0 saturated carbocycles. The summed E-state index contributed by atoms with van der Waals surface area (Å²) in [6.45, 7) is 0. The van der Waals surface area contributed by atoms with Crippen LogP contribution in [0.4, 0.5) is 5.69 Å². The summed E-state index contributed by atoms with van der Waals surface area (Å²) < 4.78 is 27.5. The van der Waals surface area contributed by atoms with Crippen LogP contribution in [0, 0.1) is 0 Å². The van der Waals surface area contributed by atoms with E-state index < -0.39 is 15.9 Å². The Morgan fingerprint density at radius 2 is 1.72 bits per heavy atom. The number of sulfonamides is 1. The maximum atomic E-state index is 12.6. The number of carbonyl (C=O) groups is 2. The van der Waals surface area contributed by atoms with E-state index in [0.29, 0.717) is 6.42 Å². The number of aromatic amines is 1. The molecular weight excluding hydrogens is 448 g/mol. The van der Waals surface area contributed by atoms with Crippen molar-refractivity contribution in [2.75, 3.05) is 4.72 Å². The van der Waals surface area contributed by atoms with Gasteiger partial charge in [-0.1, -0.05) is 36.4 Å². The minimum atomic E-state index is -3.81. The summed E-state index contributed by atoms with van der Waals surface area (Å²) in [5.74, 6) is -0.991. The van der Waals surface area contributed by atoms with Crippen LogP contribution in [0.15, 0.2) is 76.4 Å². The number of nitrogens with one attached hydrogen (secondary N) is 4. The number of rotatable bonds is 7. The van der Waals surface area contributed by atoms with Gasteiger partial charge in [-0.3, -0.25) is 25.2 Å². The molecule has 0 aliphatic rings. The van der Waals surface area contributed by atoms with Crippen LogP contribution in [0.25, 0.3) is 10.9 Å². The molecule has 2 amide bonds. The molecule has 10 heteroatoms. The molecular formula is C22H20N4O4S2. The molecule has 0 saturated heterocycles. The molecule has 0 bridgehead atoms. The first-order valence-electron chi connectivity index (χ1n) is 9.73. The number of benzene rings is 2. The van der Waals surface area contributed by atoms with E-state index >= 15 is 0 Å². The molecule has 4 N–H and O–H groups in total. The first-order chi connectivity index (χ1) is 15.4. The highest BCUT2D eigenvalue weighted by molar-refractivity contribution is 7.94. The molecule has 32 heavy (non-hydrogen) atoms. The number of aromatic nitrogens is 1. The smallest absolute Gasteiger partial charge is 0.271 e. The highest BCUT2D eigenvalue weighted by Gasteiger charge is 2.19. The van der Waals surface area contributed by atoms with Crippen LogP contribution in [0.5, 0.6) is 0 Å². The number of thiophene rings is 1. The summed E-state index contributed by atoms with van der Waals surface area (Å²) in [7, 11) is -3.81. The average Bonchev–Trinajstić information content (AvgIpc) is 3.47. The van der Waals surface area contributed by atoms with E-state index in [9.17, 15) is 18.0 Å². The second-order valence-electron chi connectivity index (χ2n) is 6.94. The molecule has 4 rings (SSSR count). The molecule has 0 unspecified atom stereocenters. The number of fused-ring (bicyclic) bond motifs is 1. The third-order valence-corrected chi connectivity index (χ3v) is 7.55. The lowest BCUT2D eigenvalue weighted by molar-refractivity contribution is -0.121. The molecule has 0 atom stereocenters. The molecule has 2 aromatic carbocycles. The number of amides is 2. The third-order valence-electron chi connectivity index (χ3n) is 4.79. The number of hydrogen-bond donors (Lipinski definition) is 4. The van der Waals surface area contributed by atoms with Crippen LogP contribution in [0.1, 0.15) is 22.3 Å². The number of hydrogen-bond acceptors (Lipinski definition) is 5. The van der Waals surface area contributed by atoms with Gasteiger partial charge in [-0.25, -0.2) is 8.42 Å². The van der Waals surface area contributed by atoms with E-state index in [4.69, 9.17) is 0 Å². The summed E-state index contributed by atoms with van der Waals surface area (Å²) in [4.78, 5) is 28.0. The Bertz CT molecular complexity index is 1360. The lowest BCUT2D eigenvalue weighted by Gasteiger charge is -2.12. The lowest BCUT2D eigenvalue weighted by Crippen LogP contribution is -2.42. The molecule has 4 aromatic rings. The molecule has 2 heterocycles. The van der Waals surface area contributed by atoms with Gasteiger partial charge in [-0.15, -0.1) is 11.3 Å². The minimum Gasteiger partial charge on any atom is -0.361 e. The van der Waals surface area contributed by atoms with Gasteiger partial charge in [0.25, 0.3) is 15.9 Å². The molecule has 0 fully saturated rings. The Balaban J connectivity index is 1.36. The molecule has 164 valence electrons. The number of anilines is 1. The van der Waals surface area contributed by atoms with Crippen molar-refractivity contribution >= 4 is 49.8 Å². The van der Waals surface area contributed by atoms with Crippen molar-refractivity contribution < 1.29 is 18.0 Å².